The molecule has 0 bridgehead atoms. The van der Waals surface area contributed by atoms with Crippen LogP contribution in [-0.4, -0.2) is 23.1 Å². The largest absolute Gasteiger partial charge is 0.295 e. The Balaban J connectivity index is 2.17. The Bertz CT molecular complexity index is 524. The van der Waals surface area contributed by atoms with Crippen molar-refractivity contribution in [1.82, 2.24) is 4.90 Å². The van der Waals surface area contributed by atoms with Crippen molar-refractivity contribution in [2.24, 2.45) is 4.99 Å². The first-order valence-corrected chi connectivity index (χ1v) is 4.75. The molecule has 3 nitrogen and oxygen atoms in total. The van der Waals surface area contributed by atoms with Gasteiger partial charge in [0.2, 0.25) is 0 Å². The van der Waals surface area contributed by atoms with E-state index in [9.17, 15) is 4.79 Å². The number of hydrogen-bond acceptors (Lipinski definition) is 2. The number of aliphatic imine (C=N–C) groups is 1. The van der Waals surface area contributed by atoms with E-state index >= 15 is 0 Å². The van der Waals surface area contributed by atoms with E-state index in [1.807, 2.05) is 24.3 Å². The number of para-hydroxylation sites is 1. The van der Waals surface area contributed by atoms with Crippen molar-refractivity contribution in [1.29, 1.82) is 0 Å². The summed E-state index contributed by atoms with van der Waals surface area (Å²) < 4.78 is 0. The lowest BCUT2D eigenvalue weighted by atomic mass is 10.1. The van der Waals surface area contributed by atoms with Gasteiger partial charge in [-0.05, 0) is 18.2 Å². The molecule has 3 rings (SSSR count). The number of carbonyl (C=O) groups is 1. The van der Waals surface area contributed by atoms with Crippen LogP contribution in [-0.2, 0) is 0 Å². The second-order valence-electron chi connectivity index (χ2n) is 3.46. The number of rotatable bonds is 0. The fourth-order valence-electron chi connectivity index (χ4n) is 1.76. The molecule has 2 heterocycles. The first kappa shape index (κ1) is 8.21. The van der Waals surface area contributed by atoms with Gasteiger partial charge in [-0.3, -0.25) is 14.7 Å². The highest BCUT2D eigenvalue weighted by Gasteiger charge is 2.26. The van der Waals surface area contributed by atoms with Gasteiger partial charge in [0, 0.05) is 6.21 Å². The Morgan fingerprint density at radius 1 is 1.33 bits per heavy atom. The summed E-state index contributed by atoms with van der Waals surface area (Å²) in [4.78, 5) is 18.0. The molecule has 3 heteroatoms. The zero-order valence-electron chi connectivity index (χ0n) is 7.92. The Morgan fingerprint density at radius 2 is 2.20 bits per heavy atom. The van der Waals surface area contributed by atoms with Gasteiger partial charge in [0.15, 0.2) is 0 Å². The van der Waals surface area contributed by atoms with Crippen LogP contribution in [0.1, 0.15) is 10.4 Å². The van der Waals surface area contributed by atoms with E-state index in [1.54, 1.807) is 23.4 Å². The highest BCUT2D eigenvalue weighted by atomic mass is 16.2. The second kappa shape index (κ2) is 2.94. The van der Waals surface area contributed by atoms with Gasteiger partial charge >= 0.3 is 0 Å². The molecule has 1 amide bonds. The van der Waals surface area contributed by atoms with Crippen molar-refractivity contribution in [2.75, 3.05) is 0 Å². The molecule has 0 spiro atoms. The first-order valence-electron chi connectivity index (χ1n) is 4.75. The topological polar surface area (TPSA) is 32.7 Å². The fourth-order valence-corrected chi connectivity index (χ4v) is 1.76. The van der Waals surface area contributed by atoms with E-state index in [0.717, 1.165) is 5.69 Å². The predicted molar refractivity (Wildman–Crippen MR) is 57.2 cm³/mol. The molecule has 0 saturated carbocycles. The summed E-state index contributed by atoms with van der Waals surface area (Å²) in [6.45, 7) is 0. The predicted octanol–water partition coefficient (Wildman–Crippen LogP) is 1.90. The van der Waals surface area contributed by atoms with E-state index < -0.39 is 0 Å². The molecule has 1 atom stereocenters. The van der Waals surface area contributed by atoms with Crippen LogP contribution in [0.15, 0.2) is 47.3 Å². The van der Waals surface area contributed by atoms with E-state index in [4.69, 9.17) is 0 Å². The molecule has 2 aliphatic heterocycles. The van der Waals surface area contributed by atoms with Crippen LogP contribution < -0.4 is 0 Å². The normalized spacial score (nSPS) is 21.5. The summed E-state index contributed by atoms with van der Waals surface area (Å²) in [5.41, 5.74) is 4.30. The van der Waals surface area contributed by atoms with Gasteiger partial charge < -0.3 is 0 Å². The first-order chi connectivity index (χ1) is 7.36. The average Bonchev–Trinajstić information content (AvgIpc) is 2.69. The molecule has 15 heavy (non-hydrogen) atoms. The standard InChI is InChI=1S/C12H8N2O/c15-12-10-5-1-2-6-11(10)13-8-9-4-3-7-14(9)12/h1-2,4-9H/t9-/m0/s1. The van der Waals surface area contributed by atoms with Crippen LogP contribution in [0.4, 0.5) is 5.69 Å². The number of fused-ring (bicyclic) bond motifs is 2. The molecule has 0 fully saturated rings. The van der Waals surface area contributed by atoms with Crippen molar-refractivity contribution in [3.63, 3.8) is 0 Å². The van der Waals surface area contributed by atoms with Gasteiger partial charge in [-0.15, -0.1) is 5.73 Å². The minimum Gasteiger partial charge on any atom is -0.295 e. The number of hydrogen-bond donors (Lipinski definition) is 0. The van der Waals surface area contributed by atoms with Gasteiger partial charge in [-0.25, -0.2) is 0 Å². The summed E-state index contributed by atoms with van der Waals surface area (Å²) in [6.07, 6.45) is 5.26. The van der Waals surface area contributed by atoms with E-state index in [2.05, 4.69) is 10.7 Å². The van der Waals surface area contributed by atoms with Crippen molar-refractivity contribution in [2.45, 2.75) is 6.04 Å². The Hall–Kier alpha value is -2.12. The Labute approximate surface area is 87.0 Å². The van der Waals surface area contributed by atoms with E-state index in [-0.39, 0.29) is 11.9 Å². The van der Waals surface area contributed by atoms with Gasteiger partial charge in [-0.2, -0.15) is 0 Å². The quantitative estimate of drug-likeness (QED) is 0.583. The third-order valence-electron chi connectivity index (χ3n) is 2.54. The lowest BCUT2D eigenvalue weighted by Gasteiger charge is -2.17. The summed E-state index contributed by atoms with van der Waals surface area (Å²) >= 11 is 0. The minimum atomic E-state index is -0.0788. The Morgan fingerprint density at radius 3 is 3.13 bits per heavy atom. The minimum absolute atomic E-state index is 0.0191. The number of benzene rings is 1. The average molecular weight is 196 g/mol. The van der Waals surface area contributed by atoms with Gasteiger partial charge in [-0.1, -0.05) is 12.1 Å². The maximum absolute atomic E-state index is 12.1. The van der Waals surface area contributed by atoms with Gasteiger partial charge in [0.05, 0.1) is 23.5 Å². The summed E-state index contributed by atoms with van der Waals surface area (Å²) in [5.74, 6) is -0.0191. The van der Waals surface area contributed by atoms with E-state index in [0.29, 0.717) is 5.56 Å². The highest BCUT2D eigenvalue weighted by molar-refractivity contribution is 6.03. The summed E-state index contributed by atoms with van der Waals surface area (Å²) in [5, 5.41) is 0. The van der Waals surface area contributed by atoms with Crippen LogP contribution in [0.2, 0.25) is 0 Å². The molecule has 0 N–H and O–H groups in total. The molecule has 0 aliphatic carbocycles. The highest BCUT2D eigenvalue weighted by Crippen LogP contribution is 2.25. The number of carbonyl (C=O) groups excluding carboxylic acids is 1. The van der Waals surface area contributed by atoms with Gasteiger partial charge in [0.1, 0.15) is 0 Å². The third kappa shape index (κ3) is 1.14. The van der Waals surface area contributed by atoms with Crippen molar-refractivity contribution in [3.8, 4) is 0 Å². The lowest BCUT2D eigenvalue weighted by Crippen LogP contribution is -2.32. The zero-order chi connectivity index (χ0) is 10.3. The molecule has 1 aromatic rings. The molecule has 0 aromatic heterocycles. The van der Waals surface area contributed by atoms with Crippen LogP contribution in [0.5, 0.6) is 0 Å². The van der Waals surface area contributed by atoms with Crippen molar-refractivity contribution in [3.05, 3.63) is 47.8 Å². The molecule has 0 unspecified atom stereocenters. The smallest absolute Gasteiger partial charge is 0.261 e. The van der Waals surface area contributed by atoms with Crippen LogP contribution in [0.25, 0.3) is 0 Å². The third-order valence-corrected chi connectivity index (χ3v) is 2.54. The van der Waals surface area contributed by atoms with Crippen LogP contribution in [0, 0.1) is 0 Å². The summed E-state index contributed by atoms with van der Waals surface area (Å²) in [7, 11) is 0. The van der Waals surface area contributed by atoms with Crippen LogP contribution >= 0.6 is 0 Å². The molecule has 2 aliphatic rings. The SMILES string of the molecule is O=C1c2ccccc2N=C[C@@H]2C=C=CN12. The molecule has 0 saturated heterocycles. The van der Waals surface area contributed by atoms with Crippen LogP contribution in [0.3, 0.4) is 0 Å². The molecular formula is C12H8N2O. The molecule has 0 radical (unpaired) electrons. The molecule has 1 aromatic carbocycles. The molecule has 72 valence electrons. The Kier molecular flexibility index (Phi) is 1.61. The zero-order valence-corrected chi connectivity index (χ0v) is 7.92. The van der Waals surface area contributed by atoms with Crippen molar-refractivity contribution < 1.29 is 4.79 Å². The maximum Gasteiger partial charge on any atom is 0.261 e. The van der Waals surface area contributed by atoms with Crippen molar-refractivity contribution >= 4 is 17.8 Å². The van der Waals surface area contributed by atoms with E-state index in [1.165, 1.54) is 0 Å². The maximum atomic E-state index is 12.1. The lowest BCUT2D eigenvalue weighted by molar-refractivity contribution is 0.0826. The van der Waals surface area contributed by atoms with Gasteiger partial charge in [0.25, 0.3) is 5.91 Å². The monoisotopic (exact) mass is 196 g/mol. The molecular weight excluding hydrogens is 188 g/mol. The summed E-state index contributed by atoms with van der Waals surface area (Å²) in [6, 6.07) is 7.29. The second-order valence-corrected chi connectivity index (χ2v) is 3.46. The number of nitrogens with zero attached hydrogens (tertiary/aromatic N) is 2. The fraction of sp³-hybridized carbons (Fsp3) is 0.0833. The number of amides is 1.